The van der Waals surface area contributed by atoms with Crippen LogP contribution >= 0.6 is 0 Å². The topological polar surface area (TPSA) is 78.9 Å². The first kappa shape index (κ1) is 67.4. The van der Waals surface area contributed by atoms with Gasteiger partial charge in [0.2, 0.25) is 0 Å². The standard InChI is InChI=1S/C64H116O6/c1-4-7-10-13-16-18-20-22-24-26-27-28-29-30-31-32-33-34-35-36-37-38-40-41-43-45-48-51-54-57-63(66)69-60-61(59-68-62(65)56-53-50-47-15-12-9-6-3)70-64(67)58-55-52-49-46-44-42-39-25-23-21-19-17-14-11-8-5-2/h7,10,16,18,22,24,27-28,61H,4-6,8-9,11-15,17,19-21,23,25-26,29-60H2,1-3H3/b10-7-,18-16-,24-22-,28-27-. The molecule has 0 aromatic carbocycles. The molecule has 0 bridgehead atoms. The highest BCUT2D eigenvalue weighted by atomic mass is 16.6. The van der Waals surface area contributed by atoms with Crippen LogP contribution in [0.4, 0.5) is 0 Å². The third kappa shape index (κ3) is 56.3. The molecule has 0 N–H and O–H groups in total. The van der Waals surface area contributed by atoms with Crippen molar-refractivity contribution in [2.75, 3.05) is 13.2 Å². The predicted octanol–water partition coefficient (Wildman–Crippen LogP) is 20.6. The lowest BCUT2D eigenvalue weighted by Gasteiger charge is -2.18. The second kappa shape index (κ2) is 58.9. The van der Waals surface area contributed by atoms with Crippen LogP contribution in [-0.2, 0) is 28.6 Å². The summed E-state index contributed by atoms with van der Waals surface area (Å²) in [5, 5.41) is 0. The zero-order valence-electron chi connectivity index (χ0n) is 46.8. The molecule has 408 valence electrons. The molecule has 0 aliphatic heterocycles. The van der Waals surface area contributed by atoms with Gasteiger partial charge in [-0.25, -0.2) is 0 Å². The van der Waals surface area contributed by atoms with Crippen LogP contribution in [0, 0.1) is 0 Å². The van der Waals surface area contributed by atoms with E-state index >= 15 is 0 Å². The van der Waals surface area contributed by atoms with Crippen molar-refractivity contribution in [2.45, 2.75) is 329 Å². The van der Waals surface area contributed by atoms with Gasteiger partial charge in [0.15, 0.2) is 6.10 Å². The number of allylic oxidation sites excluding steroid dienone is 8. The Balaban J connectivity index is 4.04. The average molecular weight is 982 g/mol. The molecule has 0 aliphatic rings. The quantitative estimate of drug-likeness (QED) is 0.0261. The van der Waals surface area contributed by atoms with Gasteiger partial charge in [-0.2, -0.15) is 0 Å². The van der Waals surface area contributed by atoms with Crippen molar-refractivity contribution in [2.24, 2.45) is 0 Å². The van der Waals surface area contributed by atoms with Crippen LogP contribution in [0.15, 0.2) is 48.6 Å². The molecule has 0 aliphatic carbocycles. The number of carbonyl (C=O) groups is 3. The third-order valence-electron chi connectivity index (χ3n) is 13.6. The molecule has 0 saturated heterocycles. The van der Waals surface area contributed by atoms with Crippen LogP contribution in [0.5, 0.6) is 0 Å². The fourth-order valence-electron chi connectivity index (χ4n) is 9.02. The van der Waals surface area contributed by atoms with Crippen LogP contribution in [0.2, 0.25) is 0 Å². The number of hydrogen-bond donors (Lipinski definition) is 0. The van der Waals surface area contributed by atoms with Crippen molar-refractivity contribution in [1.82, 2.24) is 0 Å². The summed E-state index contributed by atoms with van der Waals surface area (Å²) in [6.07, 6.45) is 72.9. The van der Waals surface area contributed by atoms with Gasteiger partial charge in [-0.05, 0) is 57.8 Å². The lowest BCUT2D eigenvalue weighted by Crippen LogP contribution is -2.30. The SMILES string of the molecule is CC/C=C\C/C=C\C/C=C\C/C=C\CCCCCCCCCCCCCCCCCCC(=O)OCC(COC(=O)CCCCCCCCC)OC(=O)CCCCCCCCCCCCCCCCCC. The molecule has 0 aromatic heterocycles. The Morgan fingerprint density at radius 2 is 0.557 bits per heavy atom. The molecule has 1 unspecified atom stereocenters. The Kier molecular flexibility index (Phi) is 56.7. The van der Waals surface area contributed by atoms with Crippen LogP contribution in [-0.4, -0.2) is 37.2 Å². The largest absolute Gasteiger partial charge is 0.462 e. The van der Waals surface area contributed by atoms with E-state index in [1.165, 1.54) is 199 Å². The van der Waals surface area contributed by atoms with Crippen molar-refractivity contribution >= 4 is 17.9 Å². The molecular formula is C64H116O6. The van der Waals surface area contributed by atoms with E-state index in [1.54, 1.807) is 0 Å². The minimum absolute atomic E-state index is 0.0675. The predicted molar refractivity (Wildman–Crippen MR) is 302 cm³/mol. The molecule has 0 aromatic rings. The molecule has 6 heteroatoms. The van der Waals surface area contributed by atoms with Crippen LogP contribution in [0.1, 0.15) is 323 Å². The highest BCUT2D eigenvalue weighted by Gasteiger charge is 2.19. The van der Waals surface area contributed by atoms with E-state index in [0.29, 0.717) is 19.3 Å². The Morgan fingerprint density at radius 3 is 0.871 bits per heavy atom. The summed E-state index contributed by atoms with van der Waals surface area (Å²) in [6.45, 7) is 6.53. The van der Waals surface area contributed by atoms with E-state index in [1.807, 2.05) is 0 Å². The number of rotatable bonds is 56. The average Bonchev–Trinajstić information content (AvgIpc) is 3.36. The smallest absolute Gasteiger partial charge is 0.306 e. The number of hydrogen-bond acceptors (Lipinski definition) is 6. The molecule has 0 amide bonds. The molecule has 0 saturated carbocycles. The monoisotopic (exact) mass is 981 g/mol. The Labute approximate surface area is 435 Å². The van der Waals surface area contributed by atoms with Gasteiger partial charge in [-0.3, -0.25) is 14.4 Å². The lowest BCUT2D eigenvalue weighted by molar-refractivity contribution is -0.167. The first-order valence-electron chi connectivity index (χ1n) is 30.6. The molecule has 1 atom stereocenters. The molecule has 0 rings (SSSR count). The summed E-state index contributed by atoms with van der Waals surface area (Å²) < 4.78 is 16.8. The summed E-state index contributed by atoms with van der Waals surface area (Å²) in [7, 11) is 0. The summed E-state index contributed by atoms with van der Waals surface area (Å²) in [6, 6.07) is 0. The van der Waals surface area contributed by atoms with Crippen molar-refractivity contribution in [3.05, 3.63) is 48.6 Å². The van der Waals surface area contributed by atoms with Crippen LogP contribution < -0.4 is 0 Å². The Hall–Kier alpha value is -2.63. The van der Waals surface area contributed by atoms with E-state index in [9.17, 15) is 14.4 Å². The normalized spacial score (nSPS) is 12.3. The second-order valence-electron chi connectivity index (χ2n) is 20.6. The molecule has 0 heterocycles. The molecule has 0 radical (unpaired) electrons. The molecule has 0 fully saturated rings. The minimum atomic E-state index is -0.765. The summed E-state index contributed by atoms with van der Waals surface area (Å²) >= 11 is 0. The second-order valence-corrected chi connectivity index (χ2v) is 20.6. The molecule has 0 spiro atoms. The van der Waals surface area contributed by atoms with E-state index in [4.69, 9.17) is 14.2 Å². The van der Waals surface area contributed by atoms with E-state index in [-0.39, 0.29) is 31.1 Å². The highest BCUT2D eigenvalue weighted by molar-refractivity contribution is 5.71. The van der Waals surface area contributed by atoms with Crippen molar-refractivity contribution < 1.29 is 28.6 Å². The first-order chi connectivity index (χ1) is 34.5. The fraction of sp³-hybridized carbons (Fsp3) is 0.828. The van der Waals surface area contributed by atoms with Gasteiger partial charge in [0.25, 0.3) is 0 Å². The van der Waals surface area contributed by atoms with E-state index in [0.717, 1.165) is 83.5 Å². The van der Waals surface area contributed by atoms with Crippen molar-refractivity contribution in [3.8, 4) is 0 Å². The minimum Gasteiger partial charge on any atom is -0.462 e. The highest BCUT2D eigenvalue weighted by Crippen LogP contribution is 2.17. The fourth-order valence-corrected chi connectivity index (χ4v) is 9.02. The maximum Gasteiger partial charge on any atom is 0.306 e. The van der Waals surface area contributed by atoms with E-state index in [2.05, 4.69) is 69.4 Å². The van der Waals surface area contributed by atoms with Crippen LogP contribution in [0.3, 0.4) is 0 Å². The number of esters is 3. The van der Waals surface area contributed by atoms with E-state index < -0.39 is 6.10 Å². The van der Waals surface area contributed by atoms with Crippen LogP contribution in [0.25, 0.3) is 0 Å². The number of carbonyl (C=O) groups excluding carboxylic acids is 3. The first-order valence-corrected chi connectivity index (χ1v) is 30.6. The summed E-state index contributed by atoms with van der Waals surface area (Å²) in [4.78, 5) is 38.0. The van der Waals surface area contributed by atoms with Crippen molar-refractivity contribution in [3.63, 3.8) is 0 Å². The van der Waals surface area contributed by atoms with Gasteiger partial charge in [0.05, 0.1) is 0 Å². The zero-order valence-corrected chi connectivity index (χ0v) is 46.8. The van der Waals surface area contributed by atoms with Gasteiger partial charge in [0, 0.05) is 19.3 Å². The third-order valence-corrected chi connectivity index (χ3v) is 13.6. The molecular weight excluding hydrogens is 865 g/mol. The summed E-state index contributed by atoms with van der Waals surface area (Å²) in [5.74, 6) is -0.855. The summed E-state index contributed by atoms with van der Waals surface area (Å²) in [5.41, 5.74) is 0. The van der Waals surface area contributed by atoms with Gasteiger partial charge < -0.3 is 14.2 Å². The van der Waals surface area contributed by atoms with Gasteiger partial charge in [-0.15, -0.1) is 0 Å². The number of ether oxygens (including phenoxy) is 3. The Bertz CT molecular complexity index is 1220. The van der Waals surface area contributed by atoms with Gasteiger partial charge in [0.1, 0.15) is 13.2 Å². The zero-order chi connectivity index (χ0) is 50.7. The van der Waals surface area contributed by atoms with Gasteiger partial charge in [-0.1, -0.05) is 294 Å². The number of unbranched alkanes of at least 4 members (excludes halogenated alkanes) is 37. The van der Waals surface area contributed by atoms with Crippen molar-refractivity contribution in [1.29, 1.82) is 0 Å². The Morgan fingerprint density at radius 1 is 0.300 bits per heavy atom. The maximum atomic E-state index is 12.8. The molecule has 70 heavy (non-hydrogen) atoms. The molecule has 6 nitrogen and oxygen atoms in total. The lowest BCUT2D eigenvalue weighted by atomic mass is 10.0. The maximum absolute atomic E-state index is 12.8. The van der Waals surface area contributed by atoms with Gasteiger partial charge >= 0.3 is 17.9 Å².